The van der Waals surface area contributed by atoms with Crippen LogP contribution in [-0.2, 0) is 21.7 Å². The van der Waals surface area contributed by atoms with Crippen molar-refractivity contribution in [3.05, 3.63) is 196 Å². The van der Waals surface area contributed by atoms with E-state index in [0.29, 0.717) is 5.02 Å². The van der Waals surface area contributed by atoms with Gasteiger partial charge in [0.15, 0.2) is 0 Å². The Labute approximate surface area is 364 Å². The molecule has 0 atom stereocenters. The summed E-state index contributed by atoms with van der Waals surface area (Å²) in [5.41, 5.74) is 18.1. The van der Waals surface area contributed by atoms with Gasteiger partial charge in [-0.05, 0) is 109 Å². The van der Waals surface area contributed by atoms with E-state index < -0.39 is 0 Å². The standard InChI is InChI=1S/C56H56BClN2/c1-53(2,3)37-21-27-44(28-22-37)59-48-31-25-41(54(4,5)6)33-46(48)57-47-34-42(56(9,10)39-19-15-12-16-20-39)26-32-49(47)60(51-36-43(58)35-50(59)52(51)57)45-29-23-40(24-30-45)55(7,8)38-17-13-11-14-18-38/h11-36H,1-10H3. The fourth-order valence-electron chi connectivity index (χ4n) is 9.56. The molecule has 7 aromatic carbocycles. The molecular weight excluding hydrogens is 747 g/mol. The molecule has 0 aliphatic carbocycles. The lowest BCUT2D eigenvalue weighted by Gasteiger charge is -2.45. The van der Waals surface area contributed by atoms with Gasteiger partial charge in [-0.25, -0.2) is 0 Å². The predicted octanol–water partition coefficient (Wildman–Crippen LogP) is 13.7. The summed E-state index contributed by atoms with van der Waals surface area (Å²) in [6, 6.07) is 58.9. The van der Waals surface area contributed by atoms with Crippen LogP contribution in [0.1, 0.15) is 103 Å². The Hall–Kier alpha value is -5.51. The topological polar surface area (TPSA) is 6.48 Å². The first-order chi connectivity index (χ1) is 28.4. The number of rotatable bonds is 6. The van der Waals surface area contributed by atoms with Gasteiger partial charge in [0.25, 0.3) is 6.71 Å². The number of fused-ring (bicyclic) bond motifs is 4. The van der Waals surface area contributed by atoms with E-state index in [0.717, 1.165) is 22.7 Å². The number of benzene rings is 7. The summed E-state index contributed by atoms with van der Waals surface area (Å²) >= 11 is 7.31. The quantitative estimate of drug-likeness (QED) is 0.155. The highest BCUT2D eigenvalue weighted by Gasteiger charge is 2.45. The van der Waals surface area contributed by atoms with Crippen molar-refractivity contribution in [1.82, 2.24) is 0 Å². The molecule has 0 amide bonds. The van der Waals surface area contributed by atoms with Gasteiger partial charge in [0.05, 0.1) is 0 Å². The molecule has 0 saturated heterocycles. The molecule has 0 N–H and O–H groups in total. The van der Waals surface area contributed by atoms with E-state index in [9.17, 15) is 0 Å². The molecule has 60 heavy (non-hydrogen) atoms. The Morgan fingerprint density at radius 2 is 0.733 bits per heavy atom. The molecule has 0 saturated carbocycles. The van der Waals surface area contributed by atoms with Crippen molar-refractivity contribution in [1.29, 1.82) is 0 Å². The Morgan fingerprint density at radius 1 is 0.367 bits per heavy atom. The highest BCUT2D eigenvalue weighted by molar-refractivity contribution is 7.00. The van der Waals surface area contributed by atoms with Crippen LogP contribution in [0.3, 0.4) is 0 Å². The minimum atomic E-state index is -0.222. The molecule has 7 aromatic rings. The van der Waals surface area contributed by atoms with E-state index >= 15 is 0 Å². The summed E-state index contributed by atoms with van der Waals surface area (Å²) in [6.45, 7) is 23.1. The highest BCUT2D eigenvalue weighted by Crippen LogP contribution is 2.47. The third-order valence-electron chi connectivity index (χ3n) is 13.4. The SMILES string of the molecule is CC(C)(C)c1ccc(N2c3ccc(C(C)(C)C)cc3B3c4cc(C(C)(C)c5ccccc5)ccc4N(c4ccc(C(C)(C)c5ccccc5)cc4)c4cc(Cl)cc2c43)cc1. The molecule has 4 heteroatoms. The van der Waals surface area contributed by atoms with Crippen LogP contribution in [0.5, 0.6) is 0 Å². The molecule has 300 valence electrons. The fourth-order valence-corrected chi connectivity index (χ4v) is 9.77. The fraction of sp³-hybridized carbons (Fsp3) is 0.250. The zero-order chi connectivity index (χ0) is 42.4. The summed E-state index contributed by atoms with van der Waals surface area (Å²) in [4.78, 5) is 4.93. The minimum absolute atomic E-state index is 0.0243. The molecule has 9 rings (SSSR count). The van der Waals surface area contributed by atoms with Crippen molar-refractivity contribution < 1.29 is 0 Å². The van der Waals surface area contributed by atoms with Gasteiger partial charge in [-0.15, -0.1) is 0 Å². The van der Waals surface area contributed by atoms with E-state index in [1.165, 1.54) is 61.1 Å². The Balaban J connectivity index is 1.31. The van der Waals surface area contributed by atoms with Gasteiger partial charge in [0.2, 0.25) is 0 Å². The number of hydrogen-bond donors (Lipinski definition) is 0. The maximum absolute atomic E-state index is 7.31. The lowest BCUT2D eigenvalue weighted by Crippen LogP contribution is -2.61. The summed E-state index contributed by atoms with van der Waals surface area (Å²) < 4.78 is 0. The molecule has 0 fully saturated rings. The zero-order valence-corrected chi connectivity index (χ0v) is 37.6. The second kappa shape index (κ2) is 14.3. The average molecular weight is 803 g/mol. The van der Waals surface area contributed by atoms with Gasteiger partial charge in [-0.1, -0.05) is 190 Å². The third kappa shape index (κ3) is 6.67. The van der Waals surface area contributed by atoms with Crippen molar-refractivity contribution in [3.8, 4) is 0 Å². The van der Waals surface area contributed by atoms with Crippen molar-refractivity contribution in [3.63, 3.8) is 0 Å². The van der Waals surface area contributed by atoms with Crippen LogP contribution in [0.2, 0.25) is 5.02 Å². The van der Waals surface area contributed by atoms with Crippen LogP contribution >= 0.6 is 11.6 Å². The lowest BCUT2D eigenvalue weighted by molar-refractivity contribution is 0.590. The second-order valence-electron chi connectivity index (χ2n) is 20.1. The number of halogens is 1. The zero-order valence-electron chi connectivity index (χ0n) is 36.9. The number of hydrogen-bond acceptors (Lipinski definition) is 2. The molecule has 0 bridgehead atoms. The van der Waals surface area contributed by atoms with Crippen molar-refractivity contribution in [2.24, 2.45) is 0 Å². The monoisotopic (exact) mass is 802 g/mol. The van der Waals surface area contributed by atoms with Gasteiger partial charge in [0, 0.05) is 50.0 Å². The van der Waals surface area contributed by atoms with Gasteiger partial charge in [-0.2, -0.15) is 0 Å². The molecular formula is C56H56BClN2. The van der Waals surface area contributed by atoms with Crippen molar-refractivity contribution >= 4 is 68.8 Å². The van der Waals surface area contributed by atoms with Gasteiger partial charge in [0.1, 0.15) is 0 Å². The first-order valence-electron chi connectivity index (χ1n) is 21.5. The van der Waals surface area contributed by atoms with Crippen molar-refractivity contribution in [2.45, 2.75) is 90.9 Å². The largest absolute Gasteiger partial charge is 0.311 e. The summed E-state index contributed by atoms with van der Waals surface area (Å²) in [7, 11) is 0. The molecule has 2 aliphatic heterocycles. The molecule has 2 nitrogen and oxygen atoms in total. The van der Waals surface area contributed by atoms with Crippen LogP contribution < -0.4 is 26.2 Å². The maximum Gasteiger partial charge on any atom is 0.252 e. The van der Waals surface area contributed by atoms with Gasteiger partial charge in [-0.3, -0.25) is 0 Å². The van der Waals surface area contributed by atoms with Crippen molar-refractivity contribution in [2.75, 3.05) is 9.80 Å². The van der Waals surface area contributed by atoms with E-state index in [1.807, 2.05) is 0 Å². The van der Waals surface area contributed by atoms with Crippen LogP contribution in [-0.4, -0.2) is 6.71 Å². The maximum atomic E-state index is 7.31. The first kappa shape index (κ1) is 39.9. The van der Waals surface area contributed by atoms with E-state index in [-0.39, 0.29) is 28.4 Å². The third-order valence-corrected chi connectivity index (χ3v) is 13.7. The summed E-state index contributed by atoms with van der Waals surface area (Å²) in [5.74, 6) is 0. The Bertz CT molecular complexity index is 2720. The van der Waals surface area contributed by atoms with Crippen LogP contribution in [0, 0.1) is 0 Å². The summed E-state index contributed by atoms with van der Waals surface area (Å²) in [6.07, 6.45) is 0. The predicted molar refractivity (Wildman–Crippen MR) is 260 cm³/mol. The highest BCUT2D eigenvalue weighted by atomic mass is 35.5. The Kier molecular flexibility index (Phi) is 9.52. The molecule has 0 aromatic heterocycles. The molecule has 2 aliphatic rings. The van der Waals surface area contributed by atoms with Gasteiger partial charge >= 0.3 is 0 Å². The smallest absolute Gasteiger partial charge is 0.252 e. The Morgan fingerprint density at radius 3 is 1.18 bits per heavy atom. The molecule has 0 spiro atoms. The summed E-state index contributed by atoms with van der Waals surface area (Å²) in [5, 5.41) is 0.714. The van der Waals surface area contributed by atoms with E-state index in [4.69, 9.17) is 11.6 Å². The van der Waals surface area contributed by atoms with E-state index in [2.05, 4.69) is 237 Å². The molecule has 0 unspecified atom stereocenters. The average Bonchev–Trinajstić information content (AvgIpc) is 3.23. The second-order valence-corrected chi connectivity index (χ2v) is 20.5. The van der Waals surface area contributed by atoms with E-state index in [1.54, 1.807) is 0 Å². The van der Waals surface area contributed by atoms with Crippen LogP contribution in [0.25, 0.3) is 0 Å². The first-order valence-corrected chi connectivity index (χ1v) is 21.9. The number of nitrogens with zero attached hydrogens (tertiary/aromatic N) is 2. The van der Waals surface area contributed by atoms with Gasteiger partial charge < -0.3 is 9.80 Å². The van der Waals surface area contributed by atoms with Crippen LogP contribution in [0.15, 0.2) is 158 Å². The van der Waals surface area contributed by atoms with Crippen LogP contribution in [0.4, 0.5) is 34.1 Å². The minimum Gasteiger partial charge on any atom is -0.311 e. The molecule has 0 radical (unpaired) electrons. The molecule has 2 heterocycles. The lowest BCUT2D eigenvalue weighted by atomic mass is 9.33. The normalized spacial score (nSPS) is 13.8. The number of anilines is 6.